The summed E-state index contributed by atoms with van der Waals surface area (Å²) >= 11 is 0. The summed E-state index contributed by atoms with van der Waals surface area (Å²) < 4.78 is 30.3. The predicted octanol–water partition coefficient (Wildman–Crippen LogP) is 0.743. The minimum absolute atomic E-state index is 0.0461. The van der Waals surface area contributed by atoms with Crippen molar-refractivity contribution in [3.63, 3.8) is 0 Å². The van der Waals surface area contributed by atoms with Gasteiger partial charge in [0.15, 0.2) is 0 Å². The maximum absolute atomic E-state index is 12.0. The molecular formula is C15H22N2O4S. The molecule has 1 unspecified atom stereocenters. The molecule has 1 aliphatic heterocycles. The SMILES string of the molecule is CS(=O)(=O)N(CC(=O)NCC1CCCO1)Cc1ccccc1. The Morgan fingerprint density at radius 3 is 2.68 bits per heavy atom. The molecule has 1 N–H and O–H groups in total. The first kappa shape index (κ1) is 16.9. The maximum Gasteiger partial charge on any atom is 0.235 e. The Bertz CT molecular complexity index is 583. The average molecular weight is 326 g/mol. The largest absolute Gasteiger partial charge is 0.376 e. The van der Waals surface area contributed by atoms with Crippen LogP contribution in [0.4, 0.5) is 0 Å². The quantitative estimate of drug-likeness (QED) is 0.802. The molecule has 1 heterocycles. The van der Waals surface area contributed by atoms with Gasteiger partial charge in [0.05, 0.1) is 18.9 Å². The zero-order chi connectivity index (χ0) is 16.0. The van der Waals surface area contributed by atoms with Gasteiger partial charge in [-0.05, 0) is 18.4 Å². The number of nitrogens with one attached hydrogen (secondary N) is 1. The van der Waals surface area contributed by atoms with E-state index in [0.29, 0.717) is 6.54 Å². The second-order valence-corrected chi connectivity index (χ2v) is 7.44. The van der Waals surface area contributed by atoms with Crippen molar-refractivity contribution in [1.29, 1.82) is 0 Å². The molecule has 0 aromatic heterocycles. The molecule has 1 aromatic carbocycles. The van der Waals surface area contributed by atoms with Crippen molar-refractivity contribution >= 4 is 15.9 Å². The molecule has 1 atom stereocenters. The Kier molecular flexibility index (Phi) is 5.93. The number of nitrogens with zero attached hydrogens (tertiary/aromatic N) is 1. The van der Waals surface area contributed by atoms with Crippen LogP contribution in [0.15, 0.2) is 30.3 Å². The van der Waals surface area contributed by atoms with Crippen LogP contribution in [-0.4, -0.2) is 50.7 Å². The first-order chi connectivity index (χ1) is 10.4. The first-order valence-electron chi connectivity index (χ1n) is 7.32. The zero-order valence-corrected chi connectivity index (χ0v) is 13.5. The monoisotopic (exact) mass is 326 g/mol. The summed E-state index contributed by atoms with van der Waals surface area (Å²) in [5.41, 5.74) is 0.847. The van der Waals surface area contributed by atoms with Crippen LogP contribution in [0, 0.1) is 0 Å². The number of ether oxygens (including phenoxy) is 1. The molecule has 0 aliphatic carbocycles. The Hall–Kier alpha value is -1.44. The fraction of sp³-hybridized carbons (Fsp3) is 0.533. The van der Waals surface area contributed by atoms with E-state index < -0.39 is 10.0 Å². The molecule has 2 rings (SSSR count). The Labute approximate surface area is 131 Å². The molecule has 122 valence electrons. The minimum Gasteiger partial charge on any atom is -0.376 e. The molecule has 1 aromatic rings. The lowest BCUT2D eigenvalue weighted by Crippen LogP contribution is -2.42. The third-order valence-electron chi connectivity index (χ3n) is 3.54. The van der Waals surface area contributed by atoms with Gasteiger partial charge in [-0.3, -0.25) is 4.79 Å². The Morgan fingerprint density at radius 2 is 2.09 bits per heavy atom. The molecule has 22 heavy (non-hydrogen) atoms. The highest BCUT2D eigenvalue weighted by molar-refractivity contribution is 7.88. The van der Waals surface area contributed by atoms with Crippen LogP contribution in [0.3, 0.4) is 0 Å². The highest BCUT2D eigenvalue weighted by Crippen LogP contribution is 2.11. The molecule has 6 nitrogen and oxygen atoms in total. The molecule has 0 saturated carbocycles. The summed E-state index contributed by atoms with van der Waals surface area (Å²) in [5.74, 6) is -0.308. The van der Waals surface area contributed by atoms with Crippen molar-refractivity contribution in [2.45, 2.75) is 25.5 Å². The van der Waals surface area contributed by atoms with E-state index in [-0.39, 0.29) is 25.1 Å². The van der Waals surface area contributed by atoms with E-state index in [9.17, 15) is 13.2 Å². The van der Waals surface area contributed by atoms with E-state index in [0.717, 1.165) is 31.3 Å². The van der Waals surface area contributed by atoms with Crippen LogP contribution >= 0.6 is 0 Å². The summed E-state index contributed by atoms with van der Waals surface area (Å²) in [7, 11) is -3.45. The van der Waals surface area contributed by atoms with E-state index in [1.807, 2.05) is 30.3 Å². The molecule has 1 amide bonds. The van der Waals surface area contributed by atoms with Gasteiger partial charge < -0.3 is 10.1 Å². The number of rotatable bonds is 7. The van der Waals surface area contributed by atoms with Gasteiger partial charge in [-0.25, -0.2) is 8.42 Å². The van der Waals surface area contributed by atoms with E-state index in [1.54, 1.807) is 0 Å². The zero-order valence-electron chi connectivity index (χ0n) is 12.7. The molecule has 0 spiro atoms. The maximum atomic E-state index is 12.0. The highest BCUT2D eigenvalue weighted by atomic mass is 32.2. The molecule has 1 aliphatic rings. The summed E-state index contributed by atoms with van der Waals surface area (Å²) in [6, 6.07) is 9.22. The Morgan fingerprint density at radius 1 is 1.36 bits per heavy atom. The van der Waals surface area contributed by atoms with Gasteiger partial charge in [0.25, 0.3) is 0 Å². The fourth-order valence-corrected chi connectivity index (χ4v) is 3.06. The van der Waals surface area contributed by atoms with Crippen LogP contribution in [0.5, 0.6) is 0 Å². The van der Waals surface area contributed by atoms with Gasteiger partial charge in [-0.1, -0.05) is 30.3 Å². The van der Waals surface area contributed by atoms with Crippen LogP contribution in [0.2, 0.25) is 0 Å². The number of amides is 1. The van der Waals surface area contributed by atoms with Crippen molar-refractivity contribution < 1.29 is 17.9 Å². The Balaban J connectivity index is 1.90. The number of carbonyl (C=O) groups excluding carboxylic acids is 1. The smallest absolute Gasteiger partial charge is 0.235 e. The predicted molar refractivity (Wildman–Crippen MR) is 83.7 cm³/mol. The van der Waals surface area contributed by atoms with Gasteiger partial charge in [0.2, 0.25) is 15.9 Å². The molecular weight excluding hydrogens is 304 g/mol. The number of hydrogen-bond donors (Lipinski definition) is 1. The summed E-state index contributed by atoms with van der Waals surface area (Å²) in [6.45, 7) is 1.17. The first-order valence-corrected chi connectivity index (χ1v) is 9.17. The minimum atomic E-state index is -3.45. The van der Waals surface area contributed by atoms with Gasteiger partial charge >= 0.3 is 0 Å². The highest BCUT2D eigenvalue weighted by Gasteiger charge is 2.22. The van der Waals surface area contributed by atoms with Gasteiger partial charge in [-0.2, -0.15) is 4.31 Å². The number of hydrogen-bond acceptors (Lipinski definition) is 4. The van der Waals surface area contributed by atoms with Crippen LogP contribution in [-0.2, 0) is 26.1 Å². The van der Waals surface area contributed by atoms with E-state index >= 15 is 0 Å². The van der Waals surface area contributed by atoms with Crippen molar-refractivity contribution in [1.82, 2.24) is 9.62 Å². The van der Waals surface area contributed by atoms with E-state index in [1.165, 1.54) is 4.31 Å². The molecule has 1 fully saturated rings. The molecule has 7 heteroatoms. The van der Waals surface area contributed by atoms with Gasteiger partial charge in [0.1, 0.15) is 0 Å². The summed E-state index contributed by atoms with van der Waals surface area (Å²) in [6.07, 6.45) is 3.10. The van der Waals surface area contributed by atoms with Gasteiger partial charge in [-0.15, -0.1) is 0 Å². The van der Waals surface area contributed by atoms with Crippen molar-refractivity contribution in [2.75, 3.05) is 26.0 Å². The second-order valence-electron chi connectivity index (χ2n) is 5.46. The molecule has 0 radical (unpaired) electrons. The van der Waals surface area contributed by atoms with Crippen molar-refractivity contribution in [2.24, 2.45) is 0 Å². The van der Waals surface area contributed by atoms with Crippen LogP contribution < -0.4 is 5.32 Å². The standard InChI is InChI=1S/C15H22N2O4S/c1-22(19,20)17(11-13-6-3-2-4-7-13)12-15(18)16-10-14-8-5-9-21-14/h2-4,6-7,14H,5,8-12H2,1H3,(H,16,18). The lowest BCUT2D eigenvalue weighted by Gasteiger charge is -2.20. The average Bonchev–Trinajstić information content (AvgIpc) is 2.98. The topological polar surface area (TPSA) is 75.7 Å². The van der Waals surface area contributed by atoms with Crippen molar-refractivity contribution in [3.8, 4) is 0 Å². The fourth-order valence-electron chi connectivity index (χ4n) is 2.33. The lowest BCUT2D eigenvalue weighted by molar-refractivity contribution is -0.121. The third-order valence-corrected chi connectivity index (χ3v) is 4.74. The van der Waals surface area contributed by atoms with E-state index in [2.05, 4.69) is 5.32 Å². The van der Waals surface area contributed by atoms with Gasteiger partial charge in [0, 0.05) is 19.7 Å². The molecule has 0 bridgehead atoms. The van der Waals surface area contributed by atoms with Crippen LogP contribution in [0.1, 0.15) is 18.4 Å². The summed E-state index contributed by atoms with van der Waals surface area (Å²) in [5, 5.41) is 2.74. The lowest BCUT2D eigenvalue weighted by atomic mass is 10.2. The summed E-state index contributed by atoms with van der Waals surface area (Å²) in [4.78, 5) is 12.0. The number of carbonyl (C=O) groups is 1. The molecule has 1 saturated heterocycles. The second kappa shape index (κ2) is 7.71. The van der Waals surface area contributed by atoms with E-state index in [4.69, 9.17) is 4.74 Å². The third kappa shape index (κ3) is 5.40. The number of sulfonamides is 1. The normalized spacial score (nSPS) is 18.5. The number of benzene rings is 1. The van der Waals surface area contributed by atoms with Crippen molar-refractivity contribution in [3.05, 3.63) is 35.9 Å². The van der Waals surface area contributed by atoms with Crippen LogP contribution in [0.25, 0.3) is 0 Å².